The van der Waals surface area contributed by atoms with Gasteiger partial charge in [-0.05, 0) is 71.4 Å². The van der Waals surface area contributed by atoms with Gasteiger partial charge < -0.3 is 5.32 Å². The van der Waals surface area contributed by atoms with Crippen molar-refractivity contribution in [3.8, 4) is 5.69 Å². The van der Waals surface area contributed by atoms with E-state index in [2.05, 4.69) is 20.8 Å². The first-order valence-electron chi connectivity index (χ1n) is 9.76. The Balaban J connectivity index is 1.38. The van der Waals surface area contributed by atoms with E-state index in [-0.39, 0.29) is 17.7 Å². The normalized spacial score (nSPS) is 12.7. The van der Waals surface area contributed by atoms with E-state index in [0.29, 0.717) is 28.1 Å². The number of carbonyl (C=O) groups excluding carboxylic acids is 3. The van der Waals surface area contributed by atoms with E-state index >= 15 is 0 Å². The molecule has 0 fully saturated rings. The van der Waals surface area contributed by atoms with Crippen LogP contribution in [-0.4, -0.2) is 37.9 Å². The lowest BCUT2D eigenvalue weighted by molar-refractivity contribution is 0.0925. The van der Waals surface area contributed by atoms with Gasteiger partial charge in [0.05, 0.1) is 22.5 Å². The fourth-order valence-electron chi connectivity index (χ4n) is 3.68. The van der Waals surface area contributed by atoms with Crippen LogP contribution < -0.4 is 10.2 Å². The molecule has 0 spiro atoms. The van der Waals surface area contributed by atoms with E-state index in [1.807, 2.05) is 6.92 Å². The summed E-state index contributed by atoms with van der Waals surface area (Å²) in [5.74, 6) is -1.10. The van der Waals surface area contributed by atoms with E-state index in [4.69, 9.17) is 0 Å². The van der Waals surface area contributed by atoms with Gasteiger partial charge in [0.15, 0.2) is 0 Å². The minimum absolute atomic E-state index is 0.323. The summed E-state index contributed by atoms with van der Waals surface area (Å²) in [5, 5.41) is 13.9. The average molecular weight is 424 g/mol. The lowest BCUT2D eigenvalue weighted by Crippen LogP contribution is -2.29. The van der Waals surface area contributed by atoms with Crippen LogP contribution in [0.25, 0.3) is 5.69 Å². The van der Waals surface area contributed by atoms with Gasteiger partial charge in [-0.1, -0.05) is 18.2 Å². The summed E-state index contributed by atoms with van der Waals surface area (Å²) < 4.78 is 1.52. The number of carbonyl (C=O) groups is 3. The van der Waals surface area contributed by atoms with Crippen molar-refractivity contribution in [3.05, 3.63) is 95.3 Å². The molecule has 1 aliphatic rings. The molecule has 32 heavy (non-hydrogen) atoms. The molecule has 2 heterocycles. The molecule has 9 heteroatoms. The Bertz CT molecular complexity index is 1350. The van der Waals surface area contributed by atoms with Gasteiger partial charge in [-0.2, -0.15) is 0 Å². The monoisotopic (exact) mass is 424 g/mol. The number of anilines is 2. The summed E-state index contributed by atoms with van der Waals surface area (Å²) >= 11 is 0. The first-order chi connectivity index (χ1) is 15.5. The van der Waals surface area contributed by atoms with Crippen molar-refractivity contribution in [3.63, 3.8) is 0 Å². The average Bonchev–Trinajstić information content (AvgIpc) is 3.41. The van der Waals surface area contributed by atoms with Gasteiger partial charge >= 0.3 is 0 Å². The summed E-state index contributed by atoms with van der Waals surface area (Å²) in [7, 11) is 0. The summed E-state index contributed by atoms with van der Waals surface area (Å²) in [6, 6.07) is 18.5. The first kappa shape index (κ1) is 19.3. The Hall–Kier alpha value is -4.66. The zero-order valence-corrected chi connectivity index (χ0v) is 16.9. The number of benzene rings is 3. The molecule has 3 aromatic carbocycles. The van der Waals surface area contributed by atoms with Crippen LogP contribution in [0.4, 0.5) is 11.4 Å². The summed E-state index contributed by atoms with van der Waals surface area (Å²) in [5.41, 5.74) is 3.62. The molecule has 0 aliphatic carbocycles. The molecule has 156 valence electrons. The highest BCUT2D eigenvalue weighted by Crippen LogP contribution is 2.30. The number of fused-ring (bicyclic) bond motifs is 1. The van der Waals surface area contributed by atoms with Crippen LogP contribution in [0.15, 0.2) is 73.1 Å². The van der Waals surface area contributed by atoms with Crippen molar-refractivity contribution >= 4 is 29.1 Å². The predicted octanol–water partition coefficient (Wildman–Crippen LogP) is 3.02. The van der Waals surface area contributed by atoms with Crippen LogP contribution in [-0.2, 0) is 0 Å². The third-order valence-corrected chi connectivity index (χ3v) is 5.21. The van der Waals surface area contributed by atoms with Crippen LogP contribution in [0.5, 0.6) is 0 Å². The molecule has 0 bridgehead atoms. The Morgan fingerprint density at radius 1 is 0.906 bits per heavy atom. The van der Waals surface area contributed by atoms with Gasteiger partial charge in [0.1, 0.15) is 6.33 Å². The number of aryl methyl sites for hydroxylation is 1. The number of hydrogen-bond acceptors (Lipinski definition) is 6. The SMILES string of the molecule is Cc1cc(C(=O)Nc2cccc(N3C(=O)c4ccccc4C3=O)c2)ccc1-n1cnnn1. The molecule has 1 aromatic heterocycles. The molecular weight excluding hydrogens is 408 g/mol. The second-order valence-electron chi connectivity index (χ2n) is 7.25. The molecule has 0 saturated carbocycles. The first-order valence-corrected chi connectivity index (χ1v) is 9.76. The highest BCUT2D eigenvalue weighted by molar-refractivity contribution is 6.34. The van der Waals surface area contributed by atoms with Crippen molar-refractivity contribution in [1.82, 2.24) is 20.2 Å². The molecule has 5 rings (SSSR count). The van der Waals surface area contributed by atoms with Crippen molar-refractivity contribution in [2.24, 2.45) is 0 Å². The number of imide groups is 1. The van der Waals surface area contributed by atoms with Gasteiger partial charge in [0.2, 0.25) is 0 Å². The van der Waals surface area contributed by atoms with E-state index in [1.165, 1.54) is 11.0 Å². The molecule has 3 amide bonds. The zero-order valence-electron chi connectivity index (χ0n) is 16.9. The third kappa shape index (κ3) is 3.21. The van der Waals surface area contributed by atoms with E-state index < -0.39 is 0 Å². The molecule has 0 saturated heterocycles. The van der Waals surface area contributed by atoms with Gasteiger partial charge in [0, 0.05) is 11.3 Å². The zero-order chi connectivity index (χ0) is 22.2. The maximum atomic E-state index is 12.8. The van der Waals surface area contributed by atoms with Crippen LogP contribution in [0.1, 0.15) is 36.6 Å². The highest BCUT2D eigenvalue weighted by atomic mass is 16.2. The lowest BCUT2D eigenvalue weighted by Gasteiger charge is -2.15. The van der Waals surface area contributed by atoms with Crippen LogP contribution in [0.2, 0.25) is 0 Å². The molecule has 0 atom stereocenters. The third-order valence-electron chi connectivity index (χ3n) is 5.21. The number of aromatic nitrogens is 4. The fourth-order valence-corrected chi connectivity index (χ4v) is 3.68. The second-order valence-corrected chi connectivity index (χ2v) is 7.25. The van der Waals surface area contributed by atoms with Gasteiger partial charge in [0.25, 0.3) is 17.7 Å². The van der Waals surface area contributed by atoms with Crippen molar-refractivity contribution < 1.29 is 14.4 Å². The summed E-state index contributed by atoms with van der Waals surface area (Å²) in [6.07, 6.45) is 1.48. The Kier molecular flexibility index (Phi) is 4.55. The topological polar surface area (TPSA) is 110 Å². The Morgan fingerprint density at radius 3 is 2.31 bits per heavy atom. The van der Waals surface area contributed by atoms with Crippen molar-refractivity contribution in [2.45, 2.75) is 6.92 Å². The number of hydrogen-bond donors (Lipinski definition) is 1. The number of rotatable bonds is 4. The highest BCUT2D eigenvalue weighted by Gasteiger charge is 2.36. The van der Waals surface area contributed by atoms with Gasteiger partial charge in [-0.15, -0.1) is 5.10 Å². The van der Waals surface area contributed by atoms with Crippen LogP contribution in [0, 0.1) is 6.92 Å². The maximum Gasteiger partial charge on any atom is 0.266 e. The predicted molar refractivity (Wildman–Crippen MR) is 116 cm³/mol. The number of tetrazole rings is 1. The molecule has 0 unspecified atom stereocenters. The standard InChI is InChI=1S/C23H16N6O3/c1-14-11-15(9-10-20(14)28-13-24-26-27-28)21(30)25-16-5-4-6-17(12-16)29-22(31)18-7-2-3-8-19(18)23(29)32/h2-13H,1H3,(H,25,30). The maximum absolute atomic E-state index is 12.8. The lowest BCUT2D eigenvalue weighted by atomic mass is 10.1. The van der Waals surface area contributed by atoms with Gasteiger partial charge in [-0.25, -0.2) is 9.58 Å². The van der Waals surface area contributed by atoms with E-state index in [1.54, 1.807) is 66.7 Å². The smallest absolute Gasteiger partial charge is 0.266 e. The van der Waals surface area contributed by atoms with Crippen LogP contribution in [0.3, 0.4) is 0 Å². The molecular formula is C23H16N6O3. The number of nitrogens with one attached hydrogen (secondary N) is 1. The fraction of sp³-hybridized carbons (Fsp3) is 0.0435. The molecule has 9 nitrogen and oxygen atoms in total. The Labute approximate surface area is 182 Å². The van der Waals surface area contributed by atoms with E-state index in [0.717, 1.165) is 16.2 Å². The summed E-state index contributed by atoms with van der Waals surface area (Å²) in [6.45, 7) is 1.86. The van der Waals surface area contributed by atoms with Crippen molar-refractivity contribution in [1.29, 1.82) is 0 Å². The Morgan fingerprint density at radius 2 is 1.66 bits per heavy atom. The molecule has 0 radical (unpaired) electrons. The minimum Gasteiger partial charge on any atom is -0.322 e. The largest absolute Gasteiger partial charge is 0.322 e. The quantitative estimate of drug-likeness (QED) is 0.504. The van der Waals surface area contributed by atoms with E-state index in [9.17, 15) is 14.4 Å². The van der Waals surface area contributed by atoms with Gasteiger partial charge in [-0.3, -0.25) is 14.4 Å². The molecule has 1 N–H and O–H groups in total. The molecule has 4 aromatic rings. The molecule has 1 aliphatic heterocycles. The summed E-state index contributed by atoms with van der Waals surface area (Å²) in [4.78, 5) is 39.4. The number of nitrogens with zero attached hydrogens (tertiary/aromatic N) is 5. The minimum atomic E-state index is -0.386. The second kappa shape index (κ2) is 7.55. The number of amides is 3. The van der Waals surface area contributed by atoms with Crippen LogP contribution >= 0.6 is 0 Å². The van der Waals surface area contributed by atoms with Crippen molar-refractivity contribution in [2.75, 3.05) is 10.2 Å².